The van der Waals surface area contributed by atoms with E-state index >= 15 is 0 Å². The van der Waals surface area contributed by atoms with Crippen molar-refractivity contribution in [3.05, 3.63) is 84.2 Å². The largest absolute Gasteiger partial charge is 0.274 e. The van der Waals surface area contributed by atoms with Gasteiger partial charge in [-0.25, -0.2) is 8.42 Å². The van der Waals surface area contributed by atoms with Gasteiger partial charge in [0.25, 0.3) is 0 Å². The van der Waals surface area contributed by atoms with Crippen molar-refractivity contribution in [3.63, 3.8) is 0 Å². The Bertz CT molecular complexity index is 866. The van der Waals surface area contributed by atoms with Crippen LogP contribution in [0.4, 0.5) is 0 Å². The number of aromatic nitrogens is 2. The summed E-state index contributed by atoms with van der Waals surface area (Å²) in [7, 11) is -0.360. The summed E-state index contributed by atoms with van der Waals surface area (Å²) in [5, 5.41) is 3.98. The number of hydrogen-bond donors (Lipinski definition) is 0. The Hall–Kier alpha value is -2.44. The smallest absolute Gasteiger partial charge is 0.246 e. The van der Waals surface area contributed by atoms with Crippen LogP contribution in [0.5, 0.6) is 0 Å². The summed E-state index contributed by atoms with van der Waals surface area (Å²) in [6.45, 7) is 0. The Morgan fingerprint density at radius 1 is 0.958 bits per heavy atom. The number of rotatable bonds is 5. The van der Waals surface area contributed by atoms with Gasteiger partial charge in [0.2, 0.25) is 10.0 Å². The minimum absolute atomic E-state index is 0.185. The summed E-state index contributed by atoms with van der Waals surface area (Å²) in [5.41, 5.74) is 1.83. The van der Waals surface area contributed by atoms with Crippen LogP contribution >= 0.6 is 0 Å². The van der Waals surface area contributed by atoms with E-state index < -0.39 is 16.1 Å². The Morgan fingerprint density at radius 2 is 1.46 bits per heavy atom. The monoisotopic (exact) mass is 341 g/mol. The Labute approximate surface area is 142 Å². The summed E-state index contributed by atoms with van der Waals surface area (Å²) in [6, 6.07) is 18.8. The van der Waals surface area contributed by atoms with Gasteiger partial charge in [-0.1, -0.05) is 60.7 Å². The summed E-state index contributed by atoms with van der Waals surface area (Å²) in [5.74, 6) is 0. The standard InChI is InChI=1S/C18H19N3O2S/c1-20-14-17(13-19-20)24(22,23)21(2)18(15-9-5-3-6-10-15)16-11-7-4-8-12-16/h3-14,18H,1-2H3. The van der Waals surface area contributed by atoms with E-state index in [2.05, 4.69) is 5.10 Å². The van der Waals surface area contributed by atoms with Gasteiger partial charge in [0.1, 0.15) is 4.90 Å². The average molecular weight is 341 g/mol. The van der Waals surface area contributed by atoms with E-state index in [1.807, 2.05) is 60.7 Å². The van der Waals surface area contributed by atoms with Crippen LogP contribution in [0.3, 0.4) is 0 Å². The minimum Gasteiger partial charge on any atom is -0.274 e. The van der Waals surface area contributed by atoms with Crippen LogP contribution < -0.4 is 0 Å². The van der Waals surface area contributed by atoms with Gasteiger partial charge in [-0.3, -0.25) is 4.68 Å². The molecule has 1 aromatic heterocycles. The highest BCUT2D eigenvalue weighted by molar-refractivity contribution is 7.89. The zero-order valence-corrected chi connectivity index (χ0v) is 14.4. The maximum absolute atomic E-state index is 13.0. The van der Waals surface area contributed by atoms with Crippen LogP contribution in [-0.2, 0) is 17.1 Å². The first-order valence-electron chi connectivity index (χ1n) is 7.57. The van der Waals surface area contributed by atoms with E-state index in [0.29, 0.717) is 0 Å². The van der Waals surface area contributed by atoms with Gasteiger partial charge in [-0.2, -0.15) is 9.40 Å². The van der Waals surface area contributed by atoms with Crippen molar-refractivity contribution >= 4 is 10.0 Å². The van der Waals surface area contributed by atoms with E-state index in [-0.39, 0.29) is 4.90 Å². The number of aryl methyl sites for hydroxylation is 1. The minimum atomic E-state index is -3.66. The predicted octanol–water partition coefficient (Wildman–Crippen LogP) is 2.83. The lowest BCUT2D eigenvalue weighted by Gasteiger charge is -2.28. The molecule has 2 aromatic carbocycles. The van der Waals surface area contributed by atoms with Gasteiger partial charge < -0.3 is 0 Å². The molecule has 0 saturated carbocycles. The molecule has 124 valence electrons. The van der Waals surface area contributed by atoms with Gasteiger partial charge in [-0.15, -0.1) is 0 Å². The van der Waals surface area contributed by atoms with Crippen LogP contribution in [0, 0.1) is 0 Å². The second-order valence-corrected chi connectivity index (χ2v) is 7.59. The van der Waals surface area contributed by atoms with E-state index in [1.165, 1.54) is 21.4 Å². The Morgan fingerprint density at radius 3 is 1.88 bits per heavy atom. The molecule has 0 fully saturated rings. The van der Waals surface area contributed by atoms with Crippen molar-refractivity contribution in [2.45, 2.75) is 10.9 Å². The molecule has 0 aliphatic carbocycles. The topological polar surface area (TPSA) is 55.2 Å². The Kier molecular flexibility index (Phi) is 4.51. The second-order valence-electron chi connectivity index (χ2n) is 5.59. The van der Waals surface area contributed by atoms with E-state index in [0.717, 1.165) is 11.1 Å². The van der Waals surface area contributed by atoms with Crippen molar-refractivity contribution < 1.29 is 8.42 Å². The zero-order chi connectivity index (χ0) is 17.2. The zero-order valence-electron chi connectivity index (χ0n) is 13.6. The van der Waals surface area contributed by atoms with Crippen molar-refractivity contribution in [1.82, 2.24) is 14.1 Å². The maximum Gasteiger partial charge on any atom is 0.246 e. The molecule has 0 unspecified atom stereocenters. The average Bonchev–Trinajstić information content (AvgIpc) is 3.04. The molecule has 0 aliphatic heterocycles. The first-order chi connectivity index (χ1) is 11.5. The quantitative estimate of drug-likeness (QED) is 0.717. The third-order valence-corrected chi connectivity index (χ3v) is 5.73. The number of benzene rings is 2. The van der Waals surface area contributed by atoms with Crippen molar-refractivity contribution in [2.24, 2.45) is 7.05 Å². The summed E-state index contributed by atoms with van der Waals surface area (Å²) in [6.07, 6.45) is 2.89. The molecule has 5 nitrogen and oxygen atoms in total. The summed E-state index contributed by atoms with van der Waals surface area (Å²) >= 11 is 0. The van der Waals surface area contributed by atoms with Crippen molar-refractivity contribution in [1.29, 1.82) is 0 Å². The molecule has 0 radical (unpaired) electrons. The highest BCUT2D eigenvalue weighted by atomic mass is 32.2. The molecule has 0 saturated heterocycles. The third kappa shape index (κ3) is 3.11. The second kappa shape index (κ2) is 6.59. The predicted molar refractivity (Wildman–Crippen MR) is 92.9 cm³/mol. The lowest BCUT2D eigenvalue weighted by atomic mass is 9.99. The first kappa shape index (κ1) is 16.4. The fraction of sp³-hybridized carbons (Fsp3) is 0.167. The molecule has 0 spiro atoms. The van der Waals surface area contributed by atoms with Crippen LogP contribution in [0.15, 0.2) is 78.0 Å². The molecule has 0 aliphatic rings. The molecular weight excluding hydrogens is 322 g/mol. The molecule has 24 heavy (non-hydrogen) atoms. The molecule has 0 bridgehead atoms. The van der Waals surface area contributed by atoms with Gasteiger partial charge in [0, 0.05) is 20.3 Å². The fourth-order valence-electron chi connectivity index (χ4n) is 2.72. The van der Waals surface area contributed by atoms with Crippen molar-refractivity contribution in [3.8, 4) is 0 Å². The third-order valence-electron chi connectivity index (χ3n) is 3.95. The van der Waals surface area contributed by atoms with Crippen LogP contribution in [0.2, 0.25) is 0 Å². The van der Waals surface area contributed by atoms with E-state index in [4.69, 9.17) is 0 Å². The number of hydrogen-bond acceptors (Lipinski definition) is 3. The van der Waals surface area contributed by atoms with Gasteiger partial charge in [-0.05, 0) is 11.1 Å². The molecule has 3 aromatic rings. The SMILES string of the molecule is CN(C(c1ccccc1)c1ccccc1)S(=O)(=O)c1cnn(C)c1. The lowest BCUT2D eigenvalue weighted by molar-refractivity contribution is 0.418. The van der Waals surface area contributed by atoms with Gasteiger partial charge in [0.05, 0.1) is 12.2 Å². The molecule has 3 rings (SSSR count). The fourth-order valence-corrected chi connectivity index (χ4v) is 4.04. The molecule has 6 heteroatoms. The summed E-state index contributed by atoms with van der Waals surface area (Å²) < 4.78 is 28.9. The molecule has 0 amide bonds. The Balaban J connectivity index is 2.09. The first-order valence-corrected chi connectivity index (χ1v) is 9.01. The van der Waals surface area contributed by atoms with Gasteiger partial charge >= 0.3 is 0 Å². The normalized spacial score (nSPS) is 12.0. The van der Waals surface area contributed by atoms with Gasteiger partial charge in [0.15, 0.2) is 0 Å². The molecule has 1 heterocycles. The van der Waals surface area contributed by atoms with Crippen LogP contribution in [-0.4, -0.2) is 29.6 Å². The number of sulfonamides is 1. The van der Waals surface area contributed by atoms with E-state index in [1.54, 1.807) is 14.1 Å². The van der Waals surface area contributed by atoms with Crippen LogP contribution in [0.1, 0.15) is 17.2 Å². The maximum atomic E-state index is 13.0. The lowest BCUT2D eigenvalue weighted by Crippen LogP contribution is -2.32. The highest BCUT2D eigenvalue weighted by Crippen LogP contribution is 2.31. The number of nitrogens with zero attached hydrogens (tertiary/aromatic N) is 3. The molecule has 0 N–H and O–H groups in total. The molecular formula is C18H19N3O2S. The van der Waals surface area contributed by atoms with Crippen molar-refractivity contribution in [2.75, 3.05) is 7.05 Å². The highest BCUT2D eigenvalue weighted by Gasteiger charge is 2.31. The molecule has 0 atom stereocenters. The van der Waals surface area contributed by atoms with Crippen LogP contribution in [0.25, 0.3) is 0 Å². The summed E-state index contributed by atoms with van der Waals surface area (Å²) in [4.78, 5) is 0.185. The van der Waals surface area contributed by atoms with E-state index in [9.17, 15) is 8.42 Å².